The van der Waals surface area contributed by atoms with E-state index < -0.39 is 16.1 Å². The third kappa shape index (κ3) is 4.41. The molecule has 2 N–H and O–H groups in total. The maximum atomic E-state index is 14.8. The van der Waals surface area contributed by atoms with Gasteiger partial charge in [-0.3, -0.25) is 9.10 Å². The zero-order valence-corrected chi connectivity index (χ0v) is 25.7. The van der Waals surface area contributed by atoms with E-state index in [2.05, 4.69) is 5.32 Å². The Kier molecular flexibility index (Phi) is 6.57. The second-order valence-electron chi connectivity index (χ2n) is 11.3. The number of aryl methyl sites for hydroxylation is 1. The highest BCUT2D eigenvalue weighted by molar-refractivity contribution is 7.92. The van der Waals surface area contributed by atoms with Crippen LogP contribution in [0, 0.1) is 12.7 Å². The van der Waals surface area contributed by atoms with E-state index in [1.807, 2.05) is 41.8 Å². The van der Waals surface area contributed by atoms with Gasteiger partial charge < -0.3 is 19.4 Å². The fourth-order valence-electron chi connectivity index (χ4n) is 6.18. The fraction of sp³-hybridized carbons (Fsp3) is 0.176. The molecule has 0 fully saturated rings. The monoisotopic (exact) mass is 624 g/mol. The van der Waals surface area contributed by atoms with Gasteiger partial charge in [-0.25, -0.2) is 17.8 Å². The number of fused-ring (bicyclic) bond motifs is 6. The van der Waals surface area contributed by atoms with Gasteiger partial charge in [0.25, 0.3) is 5.91 Å². The van der Waals surface area contributed by atoms with Crippen LogP contribution >= 0.6 is 0 Å². The summed E-state index contributed by atoms with van der Waals surface area (Å²) in [6.07, 6.45) is 1.10. The van der Waals surface area contributed by atoms with Crippen molar-refractivity contribution in [2.75, 3.05) is 31.3 Å². The summed E-state index contributed by atoms with van der Waals surface area (Å²) in [6.45, 7) is 1.74. The molecule has 7 rings (SSSR count). The Balaban J connectivity index is 1.50. The van der Waals surface area contributed by atoms with Crippen molar-refractivity contribution in [3.05, 3.63) is 95.3 Å². The molecule has 0 saturated carbocycles. The lowest BCUT2D eigenvalue weighted by molar-refractivity contribution is 0.0964. The van der Waals surface area contributed by atoms with Crippen LogP contribution in [0.15, 0.2) is 77.2 Å². The number of benzene rings is 3. The number of pyridine rings is 1. The number of nitrogens with zero attached hydrogens (tertiary/aromatic N) is 3. The van der Waals surface area contributed by atoms with Gasteiger partial charge in [-0.05, 0) is 37.3 Å². The lowest BCUT2D eigenvalue weighted by atomic mass is 9.99. The van der Waals surface area contributed by atoms with Gasteiger partial charge in [-0.15, -0.1) is 0 Å². The molecular formula is C34H29FN4O5S. The summed E-state index contributed by atoms with van der Waals surface area (Å²) in [5.41, 5.74) is 6.14. The molecule has 3 aromatic heterocycles. The molecule has 1 aliphatic rings. The van der Waals surface area contributed by atoms with Crippen molar-refractivity contribution in [2.45, 2.75) is 13.0 Å². The van der Waals surface area contributed by atoms with Crippen LogP contribution in [0.2, 0.25) is 0 Å². The van der Waals surface area contributed by atoms with Crippen molar-refractivity contribution in [3.63, 3.8) is 0 Å². The van der Waals surface area contributed by atoms with E-state index in [-0.39, 0.29) is 18.3 Å². The highest BCUT2D eigenvalue weighted by Crippen LogP contribution is 2.46. The minimum absolute atomic E-state index is 0.221. The molecule has 3 aromatic carbocycles. The third-order valence-electron chi connectivity index (χ3n) is 8.53. The standard InChI is InChI=1S/C34H29FN4O5S/c1-18-8-10-19(11-9-18)33-31(34(41)36-2)23-14-22(27(16-30(23)44-33)38(3)45(4,42)43)25-13-12-20-29(17-40)39-26-7-5-6-24(35)21(26)15-28(39)32(20)37-25/h5-16,29,40H,17H2,1-4H3,(H,36,41). The predicted molar refractivity (Wildman–Crippen MR) is 172 cm³/mol. The lowest BCUT2D eigenvalue weighted by Gasteiger charge is -2.20. The number of rotatable bonds is 6. The van der Waals surface area contributed by atoms with Gasteiger partial charge >= 0.3 is 0 Å². The number of hydrogen-bond donors (Lipinski definition) is 2. The fourth-order valence-corrected chi connectivity index (χ4v) is 6.69. The molecule has 0 bridgehead atoms. The molecular weight excluding hydrogens is 595 g/mol. The number of amides is 1. The predicted octanol–water partition coefficient (Wildman–Crippen LogP) is 5.88. The van der Waals surface area contributed by atoms with E-state index in [0.29, 0.717) is 67.1 Å². The number of aliphatic hydroxyl groups is 1. The van der Waals surface area contributed by atoms with Crippen LogP contribution in [-0.2, 0) is 10.0 Å². The highest BCUT2D eigenvalue weighted by Gasteiger charge is 2.33. The largest absolute Gasteiger partial charge is 0.455 e. The molecule has 9 nitrogen and oxygen atoms in total. The Bertz CT molecular complexity index is 2290. The Morgan fingerprint density at radius 1 is 1.09 bits per heavy atom. The van der Waals surface area contributed by atoms with Crippen molar-refractivity contribution in [1.82, 2.24) is 14.9 Å². The molecule has 1 aliphatic heterocycles. The average molecular weight is 625 g/mol. The Morgan fingerprint density at radius 2 is 1.84 bits per heavy atom. The number of carbonyl (C=O) groups is 1. The molecule has 228 valence electrons. The molecule has 0 aliphatic carbocycles. The second-order valence-corrected chi connectivity index (χ2v) is 13.3. The second kappa shape index (κ2) is 10.3. The average Bonchev–Trinajstić information content (AvgIpc) is 3.68. The normalized spacial score (nSPS) is 14.1. The van der Waals surface area contributed by atoms with Crippen molar-refractivity contribution in [2.24, 2.45) is 0 Å². The van der Waals surface area contributed by atoms with Crippen molar-refractivity contribution >= 4 is 43.5 Å². The van der Waals surface area contributed by atoms with E-state index in [1.54, 1.807) is 36.4 Å². The van der Waals surface area contributed by atoms with Crippen LogP contribution in [0.5, 0.6) is 0 Å². The molecule has 4 heterocycles. The first kappa shape index (κ1) is 28.8. The van der Waals surface area contributed by atoms with Crippen molar-refractivity contribution < 1.29 is 27.1 Å². The molecule has 0 radical (unpaired) electrons. The van der Waals surface area contributed by atoms with Gasteiger partial charge in [0.1, 0.15) is 17.2 Å². The summed E-state index contributed by atoms with van der Waals surface area (Å²) in [5.74, 6) is -0.384. The van der Waals surface area contributed by atoms with Gasteiger partial charge in [-0.2, -0.15) is 0 Å². The van der Waals surface area contributed by atoms with E-state index in [1.165, 1.54) is 20.2 Å². The summed E-state index contributed by atoms with van der Waals surface area (Å²) < 4.78 is 49.7. The minimum Gasteiger partial charge on any atom is -0.455 e. The van der Waals surface area contributed by atoms with Crippen LogP contribution in [0.4, 0.5) is 10.1 Å². The number of aromatic nitrogens is 2. The number of halogens is 1. The number of aliphatic hydroxyl groups excluding tert-OH is 1. The van der Waals surface area contributed by atoms with Gasteiger partial charge in [0.15, 0.2) is 0 Å². The van der Waals surface area contributed by atoms with Gasteiger partial charge in [-0.1, -0.05) is 42.0 Å². The van der Waals surface area contributed by atoms with Gasteiger partial charge in [0.2, 0.25) is 10.0 Å². The van der Waals surface area contributed by atoms with Crippen LogP contribution in [0.3, 0.4) is 0 Å². The quantitative estimate of drug-likeness (QED) is 0.239. The Morgan fingerprint density at radius 3 is 2.53 bits per heavy atom. The van der Waals surface area contributed by atoms with Gasteiger partial charge in [0, 0.05) is 47.6 Å². The first-order valence-corrected chi connectivity index (χ1v) is 16.1. The SMILES string of the molecule is CNC(=O)c1c(-c2ccc(C)cc2)oc2cc(N(C)S(C)(=O)=O)c(-c3ccc4c(n3)-c3cc5c(F)cccc5n3C4CO)cc12. The Hall–Kier alpha value is -5.00. The van der Waals surface area contributed by atoms with E-state index in [4.69, 9.17) is 9.40 Å². The van der Waals surface area contributed by atoms with E-state index in [0.717, 1.165) is 21.7 Å². The maximum Gasteiger partial charge on any atom is 0.255 e. The summed E-state index contributed by atoms with van der Waals surface area (Å²) in [6, 6.07) is 20.6. The number of carbonyl (C=O) groups excluding carboxylic acids is 1. The highest BCUT2D eigenvalue weighted by atomic mass is 32.2. The van der Waals surface area contributed by atoms with E-state index >= 15 is 0 Å². The number of nitrogens with one attached hydrogen (secondary N) is 1. The smallest absolute Gasteiger partial charge is 0.255 e. The van der Waals surface area contributed by atoms with Crippen LogP contribution in [0.1, 0.15) is 27.5 Å². The topological polar surface area (TPSA) is 118 Å². The van der Waals surface area contributed by atoms with E-state index in [9.17, 15) is 22.7 Å². The molecule has 1 atom stereocenters. The first-order valence-electron chi connectivity index (χ1n) is 14.3. The molecule has 11 heteroatoms. The minimum atomic E-state index is -3.73. The molecule has 1 amide bonds. The molecule has 6 aromatic rings. The van der Waals surface area contributed by atoms with Crippen molar-refractivity contribution in [1.29, 1.82) is 0 Å². The molecule has 0 saturated heterocycles. The number of sulfonamides is 1. The molecule has 0 spiro atoms. The lowest BCUT2D eigenvalue weighted by Crippen LogP contribution is -2.25. The van der Waals surface area contributed by atoms with Crippen LogP contribution in [0.25, 0.3) is 55.8 Å². The summed E-state index contributed by atoms with van der Waals surface area (Å²) >= 11 is 0. The Labute approximate surface area is 258 Å². The molecule has 1 unspecified atom stereocenters. The summed E-state index contributed by atoms with van der Waals surface area (Å²) in [7, 11) is -0.746. The zero-order chi connectivity index (χ0) is 31.8. The number of furan rings is 1. The van der Waals surface area contributed by atoms with Crippen molar-refractivity contribution in [3.8, 4) is 34.0 Å². The van der Waals surface area contributed by atoms with Gasteiger partial charge in [0.05, 0.1) is 52.8 Å². The first-order chi connectivity index (χ1) is 21.5. The molecule has 45 heavy (non-hydrogen) atoms. The summed E-state index contributed by atoms with van der Waals surface area (Å²) in [4.78, 5) is 18.3. The number of hydrogen-bond acceptors (Lipinski definition) is 6. The third-order valence-corrected chi connectivity index (χ3v) is 9.72. The zero-order valence-electron chi connectivity index (χ0n) is 24.9. The van der Waals surface area contributed by atoms with Crippen LogP contribution < -0.4 is 9.62 Å². The number of anilines is 1. The maximum absolute atomic E-state index is 14.8. The summed E-state index contributed by atoms with van der Waals surface area (Å²) in [5, 5.41) is 14.0. The van der Waals surface area contributed by atoms with Crippen LogP contribution in [-0.4, -0.2) is 55.9 Å².